The third-order valence-electron chi connectivity index (χ3n) is 7.60. The molecule has 32 heavy (non-hydrogen) atoms. The molecule has 7 heteroatoms. The monoisotopic (exact) mass is 448 g/mol. The zero-order valence-electron chi connectivity index (χ0n) is 19.9. The van der Waals surface area contributed by atoms with E-state index in [0.29, 0.717) is 12.0 Å². The lowest BCUT2D eigenvalue weighted by atomic mass is 9.66. The topological polar surface area (TPSA) is 99.1 Å². The number of rotatable bonds is 5. The standard InChI is InChI=1S/C25H36O7/c1-8-13(4)23(28)32-22-20-15(6)24(29)30-17(20)10-14(5)21-16(26)11-18(25(21,22)7)31-19(27)9-12(2)3/h8,12,14,16-18,20-22,26H,6,9-11H2,1-5,7H3/b13-8-/t14-,16+,17+,18-,20-,21-,22-,25-/m1/s1. The van der Waals surface area contributed by atoms with Crippen molar-refractivity contribution in [1.82, 2.24) is 0 Å². The second-order valence-electron chi connectivity index (χ2n) is 10.3. The molecule has 7 nitrogen and oxygen atoms in total. The van der Waals surface area contributed by atoms with Crippen LogP contribution in [0.2, 0.25) is 0 Å². The van der Waals surface area contributed by atoms with Gasteiger partial charge in [-0.05, 0) is 32.1 Å². The van der Waals surface area contributed by atoms with Crippen molar-refractivity contribution in [2.75, 3.05) is 0 Å². The van der Waals surface area contributed by atoms with Crippen LogP contribution < -0.4 is 0 Å². The molecule has 8 atom stereocenters. The van der Waals surface area contributed by atoms with Gasteiger partial charge >= 0.3 is 17.9 Å². The first kappa shape index (κ1) is 24.5. The lowest BCUT2D eigenvalue weighted by Gasteiger charge is -2.44. The summed E-state index contributed by atoms with van der Waals surface area (Å²) in [5, 5.41) is 11.1. The molecule has 0 amide bonds. The Labute approximate surface area is 190 Å². The highest BCUT2D eigenvalue weighted by Gasteiger charge is 2.66. The first-order valence-electron chi connectivity index (χ1n) is 11.5. The van der Waals surface area contributed by atoms with Gasteiger partial charge in [-0.1, -0.05) is 40.3 Å². The first-order valence-corrected chi connectivity index (χ1v) is 11.5. The van der Waals surface area contributed by atoms with E-state index < -0.39 is 47.7 Å². The quantitative estimate of drug-likeness (QED) is 0.391. The van der Waals surface area contributed by atoms with Gasteiger partial charge in [-0.25, -0.2) is 9.59 Å². The van der Waals surface area contributed by atoms with Crippen molar-refractivity contribution in [1.29, 1.82) is 0 Å². The van der Waals surface area contributed by atoms with Crippen molar-refractivity contribution in [3.8, 4) is 0 Å². The average Bonchev–Trinajstić information content (AvgIpc) is 3.07. The zero-order valence-corrected chi connectivity index (χ0v) is 19.9. The van der Waals surface area contributed by atoms with Gasteiger partial charge < -0.3 is 19.3 Å². The van der Waals surface area contributed by atoms with Gasteiger partial charge in [-0.2, -0.15) is 0 Å². The summed E-state index contributed by atoms with van der Waals surface area (Å²) in [5.74, 6) is -2.15. The van der Waals surface area contributed by atoms with Gasteiger partial charge in [0.05, 0.1) is 12.0 Å². The first-order chi connectivity index (χ1) is 14.9. The lowest BCUT2D eigenvalue weighted by molar-refractivity contribution is -0.177. The molecule has 1 aliphatic heterocycles. The second kappa shape index (κ2) is 9.00. The van der Waals surface area contributed by atoms with Crippen molar-refractivity contribution in [3.63, 3.8) is 0 Å². The summed E-state index contributed by atoms with van der Waals surface area (Å²) in [6.45, 7) is 15.1. The van der Waals surface area contributed by atoms with Crippen molar-refractivity contribution < 1.29 is 33.7 Å². The predicted molar refractivity (Wildman–Crippen MR) is 117 cm³/mol. The number of allylic oxidation sites excluding steroid dienone is 1. The summed E-state index contributed by atoms with van der Waals surface area (Å²) < 4.78 is 17.6. The molecule has 0 bridgehead atoms. The number of ether oxygens (including phenoxy) is 3. The normalized spacial score (nSPS) is 39.2. The van der Waals surface area contributed by atoms with Crippen molar-refractivity contribution in [3.05, 3.63) is 23.8 Å². The Morgan fingerprint density at radius 2 is 1.97 bits per heavy atom. The minimum atomic E-state index is -0.911. The SMILES string of the molecule is C=C1C(=O)O[C@H]2C[C@@H](C)[C@@H]3[C@@H](O)C[C@@H](OC(=O)CC(C)C)[C@@]3(C)[C@H](OC(=O)/C(C)=C\C)[C@H]12. The highest BCUT2D eigenvalue weighted by Crippen LogP contribution is 2.59. The molecule has 0 aromatic heterocycles. The maximum absolute atomic E-state index is 12.9. The summed E-state index contributed by atoms with van der Waals surface area (Å²) in [7, 11) is 0. The molecule has 1 heterocycles. The molecule has 2 aliphatic carbocycles. The molecule has 0 aromatic rings. The van der Waals surface area contributed by atoms with Crippen LogP contribution in [0.1, 0.15) is 60.8 Å². The summed E-state index contributed by atoms with van der Waals surface area (Å²) in [6, 6.07) is 0. The number of hydrogen-bond donors (Lipinski definition) is 1. The smallest absolute Gasteiger partial charge is 0.334 e. The summed E-state index contributed by atoms with van der Waals surface area (Å²) in [4.78, 5) is 37.9. The molecule has 1 saturated heterocycles. The minimum absolute atomic E-state index is 0.0542. The van der Waals surface area contributed by atoms with E-state index in [1.807, 2.05) is 27.7 Å². The largest absolute Gasteiger partial charge is 0.462 e. The molecule has 0 radical (unpaired) electrons. The third-order valence-corrected chi connectivity index (χ3v) is 7.60. The Kier molecular flexibility index (Phi) is 6.89. The Morgan fingerprint density at radius 1 is 1.31 bits per heavy atom. The number of hydrogen-bond acceptors (Lipinski definition) is 7. The number of aliphatic hydroxyl groups is 1. The van der Waals surface area contributed by atoms with E-state index >= 15 is 0 Å². The zero-order chi connectivity index (χ0) is 24.0. The molecule has 3 aliphatic rings. The molecule has 3 fully saturated rings. The summed E-state index contributed by atoms with van der Waals surface area (Å²) in [5.41, 5.74) is -0.221. The van der Waals surface area contributed by atoms with Gasteiger partial charge in [-0.3, -0.25) is 4.79 Å². The second-order valence-corrected chi connectivity index (χ2v) is 10.3. The van der Waals surface area contributed by atoms with E-state index in [1.54, 1.807) is 19.9 Å². The number of fused-ring (bicyclic) bond motifs is 2. The fourth-order valence-corrected chi connectivity index (χ4v) is 5.98. The van der Waals surface area contributed by atoms with Gasteiger partial charge in [0.1, 0.15) is 18.3 Å². The van der Waals surface area contributed by atoms with Crippen LogP contribution in [-0.2, 0) is 28.6 Å². The average molecular weight is 449 g/mol. The van der Waals surface area contributed by atoms with Crippen LogP contribution in [-0.4, -0.2) is 47.4 Å². The van der Waals surface area contributed by atoms with Gasteiger partial charge in [0, 0.05) is 35.3 Å². The molecule has 178 valence electrons. The Bertz CT molecular complexity index is 828. The fourth-order valence-electron chi connectivity index (χ4n) is 5.98. The summed E-state index contributed by atoms with van der Waals surface area (Å²) in [6.07, 6.45) is -0.0613. The highest BCUT2D eigenvalue weighted by molar-refractivity contribution is 5.91. The number of esters is 3. The van der Waals surface area contributed by atoms with Crippen LogP contribution in [0.5, 0.6) is 0 Å². The van der Waals surface area contributed by atoms with Crippen LogP contribution >= 0.6 is 0 Å². The maximum Gasteiger partial charge on any atom is 0.334 e. The highest BCUT2D eigenvalue weighted by atomic mass is 16.6. The van der Waals surface area contributed by atoms with E-state index in [-0.39, 0.29) is 42.1 Å². The third kappa shape index (κ3) is 4.12. The predicted octanol–water partition coefficient (Wildman–Crippen LogP) is 3.35. The molecular weight excluding hydrogens is 412 g/mol. The van der Waals surface area contributed by atoms with Gasteiger partial charge in [0.15, 0.2) is 0 Å². The molecule has 3 rings (SSSR count). The molecule has 0 aromatic carbocycles. The summed E-state index contributed by atoms with van der Waals surface area (Å²) >= 11 is 0. The van der Waals surface area contributed by atoms with E-state index in [0.717, 1.165) is 0 Å². The Balaban J connectivity index is 2.08. The molecule has 0 spiro atoms. The Morgan fingerprint density at radius 3 is 2.56 bits per heavy atom. The Hall–Kier alpha value is -2.15. The van der Waals surface area contributed by atoms with Crippen LogP contribution in [0.15, 0.2) is 23.8 Å². The lowest BCUT2D eigenvalue weighted by Crippen LogP contribution is -2.52. The van der Waals surface area contributed by atoms with E-state index in [4.69, 9.17) is 14.2 Å². The molecular formula is C25H36O7. The van der Waals surface area contributed by atoms with Crippen LogP contribution in [0.3, 0.4) is 0 Å². The van der Waals surface area contributed by atoms with Gasteiger partial charge in [0.2, 0.25) is 0 Å². The van der Waals surface area contributed by atoms with Crippen molar-refractivity contribution in [2.45, 2.75) is 85.2 Å². The molecule has 2 saturated carbocycles. The van der Waals surface area contributed by atoms with E-state index in [2.05, 4.69) is 6.58 Å². The van der Waals surface area contributed by atoms with Crippen LogP contribution in [0.4, 0.5) is 0 Å². The van der Waals surface area contributed by atoms with Crippen molar-refractivity contribution in [2.24, 2.45) is 29.1 Å². The minimum Gasteiger partial charge on any atom is -0.462 e. The van der Waals surface area contributed by atoms with Crippen LogP contribution in [0.25, 0.3) is 0 Å². The van der Waals surface area contributed by atoms with Crippen molar-refractivity contribution >= 4 is 17.9 Å². The van der Waals surface area contributed by atoms with E-state index in [1.165, 1.54) is 0 Å². The number of carbonyl (C=O) groups excluding carboxylic acids is 3. The fraction of sp³-hybridized carbons (Fsp3) is 0.720. The maximum atomic E-state index is 12.9. The van der Waals surface area contributed by atoms with Gasteiger partial charge in [-0.15, -0.1) is 0 Å². The van der Waals surface area contributed by atoms with Gasteiger partial charge in [0.25, 0.3) is 0 Å². The number of aliphatic hydroxyl groups excluding tert-OH is 1. The van der Waals surface area contributed by atoms with E-state index in [9.17, 15) is 19.5 Å². The number of carbonyl (C=O) groups is 3. The molecule has 1 N–H and O–H groups in total. The van der Waals surface area contributed by atoms with Crippen LogP contribution in [0, 0.1) is 29.1 Å². The molecule has 0 unspecified atom stereocenters.